The maximum atomic E-state index is 11.8. The number of rotatable bonds is 6. The molecule has 1 aromatic heterocycles. The van der Waals surface area contributed by atoms with E-state index >= 15 is 0 Å². The minimum Gasteiger partial charge on any atom is -0.346 e. The molecule has 130 valence electrons. The summed E-state index contributed by atoms with van der Waals surface area (Å²) in [6, 6.07) is 7.65. The zero-order valence-corrected chi connectivity index (χ0v) is 16.1. The highest BCUT2D eigenvalue weighted by atomic mass is 79.9. The molecule has 1 heterocycles. The molecule has 9 heteroatoms. The van der Waals surface area contributed by atoms with Gasteiger partial charge in [-0.2, -0.15) is 0 Å². The maximum Gasteiger partial charge on any atom is 0.239 e. The molecular formula is C15H18BrClN4O2S. The summed E-state index contributed by atoms with van der Waals surface area (Å²) in [6.07, 6.45) is 0. The molecule has 4 N–H and O–H groups in total. The lowest BCUT2D eigenvalue weighted by Gasteiger charge is -2.11. The minimum absolute atomic E-state index is 0. The normalized spacial score (nSPS) is 11.3. The van der Waals surface area contributed by atoms with E-state index < -0.39 is 0 Å². The highest BCUT2D eigenvalue weighted by molar-refractivity contribution is 9.10. The monoisotopic (exact) mass is 432 g/mol. The Balaban J connectivity index is 0.00000288. The molecule has 0 aliphatic rings. The van der Waals surface area contributed by atoms with Crippen LogP contribution >= 0.6 is 39.7 Å². The molecule has 2 rings (SSSR count). The number of nitrogens with two attached hydrogens (primary N) is 1. The molecule has 0 spiro atoms. The van der Waals surface area contributed by atoms with Crippen molar-refractivity contribution in [3.05, 3.63) is 39.1 Å². The third-order valence-electron chi connectivity index (χ3n) is 3.04. The molecule has 1 unspecified atom stereocenters. The van der Waals surface area contributed by atoms with Crippen LogP contribution in [-0.2, 0) is 9.59 Å². The van der Waals surface area contributed by atoms with E-state index in [9.17, 15) is 9.59 Å². The van der Waals surface area contributed by atoms with Gasteiger partial charge in [0.1, 0.15) is 5.01 Å². The van der Waals surface area contributed by atoms with Gasteiger partial charge in [-0.3, -0.25) is 9.59 Å². The summed E-state index contributed by atoms with van der Waals surface area (Å²) < 4.78 is 1.01. The Morgan fingerprint density at radius 2 is 1.96 bits per heavy atom. The first-order valence-electron chi connectivity index (χ1n) is 6.97. The molecule has 0 fully saturated rings. The minimum atomic E-state index is -0.362. The van der Waals surface area contributed by atoms with Crippen LogP contribution < -0.4 is 16.4 Å². The summed E-state index contributed by atoms with van der Waals surface area (Å²) in [5.41, 5.74) is 7.05. The van der Waals surface area contributed by atoms with Gasteiger partial charge in [0.15, 0.2) is 0 Å². The van der Waals surface area contributed by atoms with Crippen LogP contribution in [0.25, 0.3) is 11.3 Å². The Kier molecular flexibility index (Phi) is 8.34. The van der Waals surface area contributed by atoms with Crippen LogP contribution in [0.1, 0.15) is 18.0 Å². The van der Waals surface area contributed by atoms with Gasteiger partial charge in [0.05, 0.1) is 24.8 Å². The molecular weight excluding hydrogens is 416 g/mol. The van der Waals surface area contributed by atoms with E-state index in [-0.39, 0.29) is 43.4 Å². The van der Waals surface area contributed by atoms with Gasteiger partial charge in [-0.15, -0.1) is 23.7 Å². The van der Waals surface area contributed by atoms with Crippen LogP contribution in [-0.4, -0.2) is 29.9 Å². The number of amides is 2. The third-order valence-corrected chi connectivity index (χ3v) is 4.60. The highest BCUT2D eigenvalue weighted by Gasteiger charge is 2.14. The number of hydrogen-bond donors (Lipinski definition) is 3. The Hall–Kier alpha value is -1.48. The molecule has 0 aliphatic carbocycles. The summed E-state index contributed by atoms with van der Waals surface area (Å²) in [4.78, 5) is 27.3. The van der Waals surface area contributed by atoms with Gasteiger partial charge < -0.3 is 16.4 Å². The van der Waals surface area contributed by atoms with E-state index in [0.717, 1.165) is 20.7 Å². The van der Waals surface area contributed by atoms with E-state index in [1.54, 1.807) is 0 Å². The van der Waals surface area contributed by atoms with E-state index in [0.29, 0.717) is 0 Å². The highest BCUT2D eigenvalue weighted by Crippen LogP contribution is 2.26. The van der Waals surface area contributed by atoms with Crippen molar-refractivity contribution in [2.75, 3.05) is 13.1 Å². The molecule has 0 saturated carbocycles. The average Bonchev–Trinajstić information content (AvgIpc) is 3.03. The predicted molar refractivity (Wildman–Crippen MR) is 101 cm³/mol. The van der Waals surface area contributed by atoms with Crippen LogP contribution in [0.5, 0.6) is 0 Å². The summed E-state index contributed by atoms with van der Waals surface area (Å²) in [5, 5.41) is 7.99. The van der Waals surface area contributed by atoms with Gasteiger partial charge >= 0.3 is 0 Å². The molecule has 2 amide bonds. The number of nitrogens with zero attached hydrogens (tertiary/aromatic N) is 1. The van der Waals surface area contributed by atoms with Crippen LogP contribution in [0.3, 0.4) is 0 Å². The number of nitrogens with one attached hydrogen (secondary N) is 2. The van der Waals surface area contributed by atoms with E-state index in [2.05, 4.69) is 31.5 Å². The van der Waals surface area contributed by atoms with Crippen LogP contribution in [0, 0.1) is 0 Å². The van der Waals surface area contributed by atoms with Crippen molar-refractivity contribution in [1.82, 2.24) is 15.6 Å². The lowest BCUT2D eigenvalue weighted by molar-refractivity contribution is -0.125. The standard InChI is InChI=1S/C15H17BrN4O2S.ClH/c1-9(19-14(22)7-18-13(21)6-17)15-20-12(8-23-15)10-2-4-11(16)5-3-10;/h2-5,8-9H,6-7,17H2,1H3,(H,18,21)(H,19,22);1H. The number of hydrogen-bond acceptors (Lipinski definition) is 5. The van der Waals surface area contributed by atoms with Crippen molar-refractivity contribution < 1.29 is 9.59 Å². The molecule has 6 nitrogen and oxygen atoms in total. The van der Waals surface area contributed by atoms with Crippen molar-refractivity contribution in [2.24, 2.45) is 5.73 Å². The van der Waals surface area contributed by atoms with E-state index in [4.69, 9.17) is 5.73 Å². The lowest BCUT2D eigenvalue weighted by atomic mass is 10.2. The van der Waals surface area contributed by atoms with Crippen molar-refractivity contribution in [3.8, 4) is 11.3 Å². The second kappa shape index (κ2) is 9.73. The average molecular weight is 434 g/mol. The molecule has 0 bridgehead atoms. The van der Waals surface area contributed by atoms with Crippen LogP contribution in [0.4, 0.5) is 0 Å². The van der Waals surface area contributed by atoms with Crippen LogP contribution in [0.15, 0.2) is 34.1 Å². The Bertz CT molecular complexity index is 693. The molecule has 2 aromatic rings. The number of halogens is 2. The second-order valence-electron chi connectivity index (χ2n) is 4.85. The Morgan fingerprint density at radius 3 is 2.58 bits per heavy atom. The first-order valence-corrected chi connectivity index (χ1v) is 8.64. The van der Waals surface area contributed by atoms with Gasteiger partial charge in [-0.1, -0.05) is 28.1 Å². The molecule has 0 aliphatic heterocycles. The first-order chi connectivity index (χ1) is 11.0. The molecule has 1 atom stereocenters. The predicted octanol–water partition coefficient (Wildman–Crippen LogP) is 2.25. The summed E-state index contributed by atoms with van der Waals surface area (Å²) in [5.74, 6) is -0.640. The molecule has 0 saturated heterocycles. The van der Waals surface area contributed by atoms with Crippen molar-refractivity contribution in [2.45, 2.75) is 13.0 Å². The topological polar surface area (TPSA) is 97.1 Å². The second-order valence-corrected chi connectivity index (χ2v) is 6.65. The molecule has 1 aromatic carbocycles. The van der Waals surface area contributed by atoms with Gasteiger partial charge in [0.25, 0.3) is 0 Å². The molecule has 0 radical (unpaired) electrons. The number of aromatic nitrogens is 1. The van der Waals surface area contributed by atoms with Gasteiger partial charge in [0, 0.05) is 15.4 Å². The summed E-state index contributed by atoms with van der Waals surface area (Å²) in [6.45, 7) is 1.63. The fourth-order valence-corrected chi connectivity index (χ4v) is 2.94. The zero-order valence-electron chi connectivity index (χ0n) is 12.9. The number of thiazole rings is 1. The smallest absolute Gasteiger partial charge is 0.239 e. The van der Waals surface area contributed by atoms with E-state index in [1.807, 2.05) is 36.6 Å². The fraction of sp³-hybridized carbons (Fsp3) is 0.267. The van der Waals surface area contributed by atoms with Crippen molar-refractivity contribution in [1.29, 1.82) is 0 Å². The zero-order chi connectivity index (χ0) is 16.8. The molecule has 24 heavy (non-hydrogen) atoms. The van der Waals surface area contributed by atoms with Crippen molar-refractivity contribution >= 4 is 51.5 Å². The number of carbonyl (C=O) groups excluding carboxylic acids is 2. The SMILES string of the molecule is CC(NC(=O)CNC(=O)CN)c1nc(-c2ccc(Br)cc2)cs1.Cl. The fourth-order valence-electron chi connectivity index (χ4n) is 1.85. The number of carbonyl (C=O) groups is 2. The largest absolute Gasteiger partial charge is 0.346 e. The lowest BCUT2D eigenvalue weighted by Crippen LogP contribution is -2.40. The van der Waals surface area contributed by atoms with Crippen LogP contribution in [0.2, 0.25) is 0 Å². The maximum absolute atomic E-state index is 11.8. The van der Waals surface area contributed by atoms with Gasteiger partial charge in [-0.25, -0.2) is 4.98 Å². The summed E-state index contributed by atoms with van der Waals surface area (Å²) >= 11 is 4.88. The third kappa shape index (κ3) is 5.86. The van der Waals surface area contributed by atoms with E-state index in [1.165, 1.54) is 11.3 Å². The van der Waals surface area contributed by atoms with Gasteiger partial charge in [0.2, 0.25) is 11.8 Å². The summed E-state index contributed by atoms with van der Waals surface area (Å²) in [7, 11) is 0. The quantitative estimate of drug-likeness (QED) is 0.651. The Morgan fingerprint density at radius 1 is 1.29 bits per heavy atom. The Labute approximate surface area is 158 Å². The first kappa shape index (κ1) is 20.6. The van der Waals surface area contributed by atoms with Crippen molar-refractivity contribution in [3.63, 3.8) is 0 Å². The number of benzene rings is 1. The van der Waals surface area contributed by atoms with Gasteiger partial charge in [-0.05, 0) is 19.1 Å².